The predicted molar refractivity (Wildman–Crippen MR) is 280 cm³/mol. The van der Waals surface area contributed by atoms with Crippen LogP contribution < -0.4 is 9.47 Å². The molecule has 0 amide bonds. The lowest BCUT2D eigenvalue weighted by molar-refractivity contribution is -0.149. The normalized spacial score (nSPS) is 12.0. The zero-order valence-corrected chi connectivity index (χ0v) is 46.0. The number of furan rings is 2. The Morgan fingerprint density at radius 3 is 1.18 bits per heavy atom. The van der Waals surface area contributed by atoms with Crippen LogP contribution in [0.25, 0.3) is 21.9 Å². The number of hydrogen-bond donors (Lipinski definition) is 0. The summed E-state index contributed by atoms with van der Waals surface area (Å²) in [6.07, 6.45) is -17.8. The summed E-state index contributed by atoms with van der Waals surface area (Å²) < 4.78 is 187. The number of carbonyl (C=O) groups excluding carboxylic acids is 3. The molecule has 2 aromatic heterocycles. The van der Waals surface area contributed by atoms with Crippen molar-refractivity contribution in [2.45, 2.75) is 112 Å². The summed E-state index contributed by atoms with van der Waals surface area (Å²) in [5.41, 5.74) is -8.13. The molecule has 23 heteroatoms. The monoisotopic (exact) mass is 1170 g/mol. The molecule has 9 nitrogen and oxygen atoms in total. The van der Waals surface area contributed by atoms with E-state index < -0.39 is 87.1 Å². The highest BCUT2D eigenvalue weighted by atomic mass is 35.5. The van der Waals surface area contributed by atoms with Gasteiger partial charge in [0.05, 0.1) is 33.4 Å². The molecule has 0 unspecified atom stereocenters. The molecule has 0 saturated heterocycles. The van der Waals surface area contributed by atoms with Gasteiger partial charge in [0.1, 0.15) is 35.0 Å². The molecule has 4 aromatic carbocycles. The summed E-state index contributed by atoms with van der Waals surface area (Å²) in [7, 11) is 0. The number of nitrogens with zero attached hydrogens (tertiary/aromatic N) is 2. The highest BCUT2D eigenvalue weighted by Crippen LogP contribution is 2.48. The fourth-order valence-electron chi connectivity index (χ4n) is 8.25. The van der Waals surface area contributed by atoms with E-state index in [1.165, 1.54) is 6.07 Å². The van der Waals surface area contributed by atoms with E-state index in [1.54, 1.807) is 47.4 Å². The standard InChI is InChI=1S/C27H29F6NO3.C23H18F6O4.C6H14ClN.ClH/c1-4-7-11-22-23(18-10-8-9-12-21(18)37-22)24(35)17-15-19(26(28,29)30)25(20(16-17)27(31,32)33)36-14-13-34(5-2)6-3;1-3-4-8-18-19(14-7-5-6-9-17(14)33-18)20(31)13-10-15(22(24,25)26)21(32-12(2)30)16(11-13)23(27,28)29;1-3-8(4-2)6-5-7;/h8-10,12,15-16H,4-7,11,13-14H2,1-3H3;5-7,9-11H,3-4,8H2,1-2H3;3-6H2,1-2H3;1H. The van der Waals surface area contributed by atoms with E-state index in [0.29, 0.717) is 62.4 Å². The van der Waals surface area contributed by atoms with Gasteiger partial charge in [-0.15, -0.1) is 24.0 Å². The predicted octanol–water partition coefficient (Wildman–Crippen LogP) is 16.7. The Morgan fingerprint density at radius 2 is 0.873 bits per heavy atom. The lowest BCUT2D eigenvalue weighted by Crippen LogP contribution is -2.28. The molecule has 0 aliphatic carbocycles. The van der Waals surface area contributed by atoms with Crippen molar-refractivity contribution in [3.05, 3.63) is 129 Å². The molecule has 0 aliphatic rings. The lowest BCUT2D eigenvalue weighted by Gasteiger charge is -2.23. The van der Waals surface area contributed by atoms with Crippen LogP contribution in [0.4, 0.5) is 52.7 Å². The van der Waals surface area contributed by atoms with Gasteiger partial charge in [-0.3, -0.25) is 14.4 Å². The minimum absolute atomic E-state index is 0. The van der Waals surface area contributed by atoms with Gasteiger partial charge >= 0.3 is 30.7 Å². The SMILES string of the molecule is CCCCc1oc2ccccc2c1C(=O)c1cc(C(F)(F)F)c(OC(C)=O)c(C(F)(F)F)c1.CCCCc1oc2ccccc2c1C(=O)c1cc(C(F)(F)F)c(OCCN(CC)CC)c(C(F)(F)F)c1.CCN(CC)CCCl.Cl. The van der Waals surface area contributed by atoms with E-state index in [4.69, 9.17) is 25.2 Å². The first-order valence-corrected chi connectivity index (χ1v) is 25.7. The van der Waals surface area contributed by atoms with Crippen molar-refractivity contribution in [3.63, 3.8) is 0 Å². The van der Waals surface area contributed by atoms with Gasteiger partial charge in [-0.25, -0.2) is 0 Å². The van der Waals surface area contributed by atoms with E-state index >= 15 is 0 Å². The Bertz CT molecular complexity index is 2890. The zero-order valence-electron chi connectivity index (χ0n) is 44.4. The number of para-hydroxylation sites is 2. The highest BCUT2D eigenvalue weighted by molar-refractivity contribution is 6.18. The lowest BCUT2D eigenvalue weighted by atomic mass is 9.94. The van der Waals surface area contributed by atoms with Crippen LogP contribution in [0.5, 0.6) is 11.5 Å². The summed E-state index contributed by atoms with van der Waals surface area (Å²) in [6.45, 7) is 16.5. The maximum Gasteiger partial charge on any atom is 0.420 e. The van der Waals surface area contributed by atoms with Crippen molar-refractivity contribution in [1.29, 1.82) is 0 Å². The van der Waals surface area contributed by atoms with Gasteiger partial charge in [-0.2, -0.15) is 52.7 Å². The van der Waals surface area contributed by atoms with Gasteiger partial charge in [0.25, 0.3) is 0 Å². The van der Waals surface area contributed by atoms with Crippen LogP contribution in [0.2, 0.25) is 0 Å². The number of aryl methyl sites for hydroxylation is 2. The number of fused-ring (bicyclic) bond motifs is 2. The first kappa shape index (κ1) is 67.5. The van der Waals surface area contributed by atoms with Crippen LogP contribution in [0.1, 0.15) is 140 Å². The molecule has 0 aliphatic heterocycles. The summed E-state index contributed by atoms with van der Waals surface area (Å²) in [4.78, 5) is 42.1. The van der Waals surface area contributed by atoms with E-state index in [-0.39, 0.29) is 77.7 Å². The molecule has 0 spiro atoms. The molecular formula is C56H62Cl2F12N2O7. The van der Waals surface area contributed by atoms with Crippen LogP contribution >= 0.6 is 24.0 Å². The first-order valence-electron chi connectivity index (χ1n) is 25.2. The van der Waals surface area contributed by atoms with Crippen LogP contribution in [-0.2, 0) is 42.3 Å². The van der Waals surface area contributed by atoms with Gasteiger partial charge in [-0.05, 0) is 75.4 Å². The molecule has 0 radical (unpaired) electrons. The molecule has 0 atom stereocenters. The number of hydrogen-bond acceptors (Lipinski definition) is 9. The van der Waals surface area contributed by atoms with Crippen molar-refractivity contribution in [1.82, 2.24) is 9.80 Å². The quantitative estimate of drug-likeness (QED) is 0.0229. The second-order valence-corrected chi connectivity index (χ2v) is 18.0. The number of rotatable bonds is 21. The van der Waals surface area contributed by atoms with Crippen molar-refractivity contribution < 1.29 is 85.4 Å². The molecule has 0 fully saturated rings. The topological polar surface area (TPSA) is 102 Å². The number of likely N-dealkylation sites (N-methyl/N-ethyl adjacent to an activating group) is 1. The molecule has 2 heterocycles. The third kappa shape index (κ3) is 17.9. The van der Waals surface area contributed by atoms with Gasteiger partial charge in [0, 0.05) is 60.6 Å². The van der Waals surface area contributed by atoms with Crippen LogP contribution in [-0.4, -0.2) is 79.1 Å². The smallest absolute Gasteiger partial charge is 0.420 e. The Morgan fingerprint density at radius 1 is 0.532 bits per heavy atom. The number of esters is 1. The number of benzene rings is 4. The number of carbonyl (C=O) groups is 3. The van der Waals surface area contributed by atoms with E-state index in [1.807, 2.05) is 27.7 Å². The Kier molecular flexibility index (Phi) is 25.3. The van der Waals surface area contributed by atoms with Gasteiger partial charge in [0.2, 0.25) is 0 Å². The number of ketones is 2. The minimum atomic E-state index is -5.33. The molecule has 436 valence electrons. The fourth-order valence-corrected chi connectivity index (χ4v) is 8.49. The summed E-state index contributed by atoms with van der Waals surface area (Å²) >= 11 is 5.51. The molecule has 0 bridgehead atoms. The zero-order chi connectivity index (χ0) is 58.3. The minimum Gasteiger partial charge on any atom is -0.491 e. The molecule has 79 heavy (non-hydrogen) atoms. The Hall–Kier alpha value is -5.77. The third-order valence-corrected chi connectivity index (χ3v) is 12.5. The average molecular weight is 1170 g/mol. The Labute approximate surface area is 460 Å². The summed E-state index contributed by atoms with van der Waals surface area (Å²) in [6, 6.07) is 14.1. The van der Waals surface area contributed by atoms with Gasteiger partial charge in [-0.1, -0.05) is 90.8 Å². The van der Waals surface area contributed by atoms with Crippen molar-refractivity contribution >= 4 is 63.5 Å². The summed E-state index contributed by atoms with van der Waals surface area (Å²) in [5, 5.41) is 0.611. The third-order valence-electron chi connectivity index (χ3n) is 12.3. The Balaban J connectivity index is 0.000000362. The van der Waals surface area contributed by atoms with Crippen LogP contribution in [0.15, 0.2) is 81.6 Å². The summed E-state index contributed by atoms with van der Waals surface area (Å²) in [5.74, 6) is -5.26. The fraction of sp³-hybridized carbons (Fsp3) is 0.446. The molecule has 0 saturated carbocycles. The maximum absolute atomic E-state index is 14.0. The molecular weight excluding hydrogens is 1110 g/mol. The maximum atomic E-state index is 14.0. The number of ether oxygens (including phenoxy) is 2. The molecule has 0 N–H and O–H groups in total. The first-order chi connectivity index (χ1) is 36.6. The van der Waals surface area contributed by atoms with Crippen molar-refractivity contribution in [2.24, 2.45) is 0 Å². The van der Waals surface area contributed by atoms with E-state index in [9.17, 15) is 67.1 Å². The number of halogens is 14. The highest BCUT2D eigenvalue weighted by Gasteiger charge is 2.45. The van der Waals surface area contributed by atoms with Crippen molar-refractivity contribution in [3.8, 4) is 11.5 Å². The molecule has 6 rings (SSSR count). The number of unbranched alkanes of at least 4 members (excludes halogenated alkanes) is 2. The van der Waals surface area contributed by atoms with Crippen LogP contribution in [0, 0.1) is 0 Å². The molecule has 6 aromatic rings. The second kappa shape index (κ2) is 29.6. The average Bonchev–Trinajstić information content (AvgIpc) is 4.00. The van der Waals surface area contributed by atoms with Gasteiger partial charge in [0.15, 0.2) is 17.3 Å². The second-order valence-electron chi connectivity index (χ2n) is 17.6. The largest absolute Gasteiger partial charge is 0.491 e. The van der Waals surface area contributed by atoms with E-state index in [2.05, 4.69) is 23.5 Å². The van der Waals surface area contributed by atoms with Crippen molar-refractivity contribution in [2.75, 3.05) is 51.8 Å². The number of alkyl halides is 13. The van der Waals surface area contributed by atoms with Crippen LogP contribution in [0.3, 0.4) is 0 Å². The van der Waals surface area contributed by atoms with E-state index in [0.717, 1.165) is 38.4 Å². The van der Waals surface area contributed by atoms with Gasteiger partial charge < -0.3 is 28.1 Å².